The highest BCUT2D eigenvalue weighted by molar-refractivity contribution is 6.76. The number of rotatable bonds is 4. The average molecular weight is 261 g/mol. The monoisotopic (exact) mass is 261 g/mol. The highest BCUT2D eigenvalue weighted by Gasteiger charge is 2.28. The van der Waals surface area contributed by atoms with E-state index in [-0.39, 0.29) is 0 Å². The van der Waals surface area contributed by atoms with Crippen molar-refractivity contribution in [2.45, 2.75) is 58.1 Å². The summed E-state index contributed by atoms with van der Waals surface area (Å²) in [5, 5.41) is 11.4. The van der Waals surface area contributed by atoms with Crippen molar-refractivity contribution in [1.82, 2.24) is 5.32 Å². The minimum atomic E-state index is -1.56. The van der Waals surface area contributed by atoms with Gasteiger partial charge >= 0.3 is 12.1 Å². The number of ether oxygens (including phenoxy) is 1. The van der Waals surface area contributed by atoms with Crippen LogP contribution in [0.1, 0.15) is 20.8 Å². The average Bonchev–Trinajstić information content (AvgIpc) is 1.95. The Balaban J connectivity index is 4.47. The van der Waals surface area contributed by atoms with Crippen molar-refractivity contribution in [2.75, 3.05) is 0 Å². The SMILES string of the molecule is CC(C)(C)OC(=O)N[C@@H](C[Si](C)(C)C)C(=O)O. The fourth-order valence-corrected chi connectivity index (χ4v) is 2.76. The molecule has 0 saturated heterocycles. The van der Waals surface area contributed by atoms with E-state index in [1.165, 1.54) is 0 Å². The molecule has 0 aliphatic carbocycles. The Kier molecular flexibility index (Phi) is 5.19. The highest BCUT2D eigenvalue weighted by Crippen LogP contribution is 2.13. The van der Waals surface area contributed by atoms with E-state index in [1.54, 1.807) is 20.8 Å². The molecule has 100 valence electrons. The predicted octanol–water partition coefficient (Wildman–Crippen LogP) is 2.30. The zero-order valence-corrected chi connectivity index (χ0v) is 12.5. The van der Waals surface area contributed by atoms with Gasteiger partial charge in [0.05, 0.1) is 0 Å². The van der Waals surface area contributed by atoms with Gasteiger partial charge in [0, 0.05) is 8.07 Å². The minimum absolute atomic E-state index is 0.488. The Labute approximate surface area is 104 Å². The van der Waals surface area contributed by atoms with Crippen LogP contribution in [0, 0.1) is 0 Å². The lowest BCUT2D eigenvalue weighted by molar-refractivity contribution is -0.139. The van der Waals surface area contributed by atoms with Crippen molar-refractivity contribution >= 4 is 20.1 Å². The number of hydrogen-bond donors (Lipinski definition) is 2. The quantitative estimate of drug-likeness (QED) is 0.761. The summed E-state index contributed by atoms with van der Waals surface area (Å²) in [6.45, 7) is 11.4. The summed E-state index contributed by atoms with van der Waals surface area (Å²) >= 11 is 0. The first kappa shape index (κ1) is 16.0. The second-order valence-electron chi connectivity index (χ2n) is 6.30. The number of hydrogen-bond acceptors (Lipinski definition) is 3. The summed E-state index contributed by atoms with van der Waals surface area (Å²) in [5.74, 6) is -1.02. The molecule has 5 nitrogen and oxygen atoms in total. The van der Waals surface area contributed by atoms with E-state index in [1.807, 2.05) is 0 Å². The number of carbonyl (C=O) groups excluding carboxylic acids is 1. The summed E-state index contributed by atoms with van der Waals surface area (Å²) in [7, 11) is -1.56. The number of amides is 1. The maximum atomic E-state index is 11.5. The third kappa shape index (κ3) is 8.73. The van der Waals surface area contributed by atoms with Crippen molar-refractivity contribution in [3.8, 4) is 0 Å². The number of carbonyl (C=O) groups is 2. The summed E-state index contributed by atoms with van der Waals surface area (Å²) in [5.41, 5.74) is -0.619. The van der Waals surface area contributed by atoms with Gasteiger partial charge in [0.1, 0.15) is 11.6 Å². The largest absolute Gasteiger partial charge is 0.480 e. The molecule has 0 spiro atoms. The first-order chi connectivity index (χ1) is 7.41. The molecule has 0 bridgehead atoms. The molecule has 1 atom stereocenters. The van der Waals surface area contributed by atoms with E-state index in [0.29, 0.717) is 6.04 Å². The van der Waals surface area contributed by atoms with Gasteiger partial charge in [0.15, 0.2) is 0 Å². The maximum absolute atomic E-state index is 11.5. The summed E-state index contributed by atoms with van der Waals surface area (Å²) in [6.07, 6.45) is -0.678. The van der Waals surface area contributed by atoms with E-state index in [4.69, 9.17) is 9.84 Å². The van der Waals surface area contributed by atoms with E-state index in [9.17, 15) is 9.59 Å². The molecule has 0 aliphatic heterocycles. The van der Waals surface area contributed by atoms with Gasteiger partial charge < -0.3 is 15.2 Å². The van der Waals surface area contributed by atoms with Crippen molar-refractivity contribution in [1.29, 1.82) is 0 Å². The van der Waals surface area contributed by atoms with Gasteiger partial charge in [-0.3, -0.25) is 4.79 Å². The lowest BCUT2D eigenvalue weighted by Crippen LogP contribution is -2.46. The number of alkyl carbamates (subject to hydrolysis) is 1. The van der Waals surface area contributed by atoms with Crippen LogP contribution in [0.4, 0.5) is 4.79 Å². The predicted molar refractivity (Wildman–Crippen MR) is 68.9 cm³/mol. The van der Waals surface area contributed by atoms with Crippen LogP contribution in [0.15, 0.2) is 0 Å². The zero-order valence-electron chi connectivity index (χ0n) is 11.5. The molecule has 0 saturated carbocycles. The highest BCUT2D eigenvalue weighted by atomic mass is 28.3. The number of nitrogens with one attached hydrogen (secondary N) is 1. The molecule has 0 radical (unpaired) electrons. The molecular formula is C11H23NO4Si. The van der Waals surface area contributed by atoms with Crippen LogP contribution in [0.5, 0.6) is 0 Å². The fraction of sp³-hybridized carbons (Fsp3) is 0.818. The van der Waals surface area contributed by atoms with Gasteiger partial charge in [-0.25, -0.2) is 4.79 Å². The summed E-state index contributed by atoms with van der Waals surface area (Å²) in [6, 6.07) is -0.377. The zero-order chi connectivity index (χ0) is 13.9. The maximum Gasteiger partial charge on any atom is 0.408 e. The van der Waals surface area contributed by atoms with Crippen LogP contribution < -0.4 is 5.32 Å². The van der Waals surface area contributed by atoms with Gasteiger partial charge in [-0.1, -0.05) is 19.6 Å². The number of carboxylic acids is 1. The normalized spacial score (nSPS) is 14.0. The number of aliphatic carboxylic acids is 1. The van der Waals surface area contributed by atoms with Crippen LogP contribution in [0.3, 0.4) is 0 Å². The lowest BCUT2D eigenvalue weighted by Gasteiger charge is -2.25. The molecule has 2 N–H and O–H groups in total. The lowest BCUT2D eigenvalue weighted by atomic mass is 10.2. The minimum Gasteiger partial charge on any atom is -0.480 e. The van der Waals surface area contributed by atoms with Crippen LogP contribution >= 0.6 is 0 Å². The molecule has 17 heavy (non-hydrogen) atoms. The Bertz CT molecular complexity index is 291. The van der Waals surface area contributed by atoms with Crippen LogP contribution in [-0.4, -0.2) is 36.9 Å². The van der Waals surface area contributed by atoms with Gasteiger partial charge in [0.2, 0.25) is 0 Å². The van der Waals surface area contributed by atoms with Crippen molar-refractivity contribution in [3.05, 3.63) is 0 Å². The fourth-order valence-electron chi connectivity index (χ4n) is 1.26. The van der Waals surface area contributed by atoms with Crippen molar-refractivity contribution in [3.63, 3.8) is 0 Å². The first-order valence-corrected chi connectivity index (χ1v) is 9.34. The Morgan fingerprint density at radius 1 is 1.29 bits per heavy atom. The van der Waals surface area contributed by atoms with E-state index >= 15 is 0 Å². The van der Waals surface area contributed by atoms with E-state index < -0.39 is 31.8 Å². The van der Waals surface area contributed by atoms with E-state index in [0.717, 1.165) is 0 Å². The van der Waals surface area contributed by atoms with Crippen LogP contribution in [-0.2, 0) is 9.53 Å². The second-order valence-corrected chi connectivity index (χ2v) is 11.8. The first-order valence-electron chi connectivity index (χ1n) is 5.63. The Morgan fingerprint density at radius 3 is 2.06 bits per heavy atom. The Hall–Kier alpha value is -1.04. The molecule has 0 heterocycles. The molecule has 0 aromatic heterocycles. The van der Waals surface area contributed by atoms with Crippen LogP contribution in [0.25, 0.3) is 0 Å². The van der Waals surface area contributed by atoms with Crippen LogP contribution in [0.2, 0.25) is 25.7 Å². The molecule has 0 fully saturated rings. The molecule has 0 aliphatic rings. The molecule has 0 aromatic rings. The summed E-state index contributed by atoms with van der Waals surface area (Å²) in [4.78, 5) is 22.5. The number of carboxylic acid groups (broad SMARTS) is 1. The van der Waals surface area contributed by atoms with Gasteiger partial charge in [-0.15, -0.1) is 0 Å². The third-order valence-electron chi connectivity index (χ3n) is 1.81. The molecule has 0 unspecified atom stereocenters. The van der Waals surface area contributed by atoms with Gasteiger partial charge in [-0.2, -0.15) is 0 Å². The molecular weight excluding hydrogens is 238 g/mol. The Morgan fingerprint density at radius 2 is 1.76 bits per heavy atom. The van der Waals surface area contributed by atoms with Crippen molar-refractivity contribution in [2.24, 2.45) is 0 Å². The second kappa shape index (κ2) is 5.53. The topological polar surface area (TPSA) is 75.6 Å². The molecule has 0 aromatic carbocycles. The van der Waals surface area contributed by atoms with E-state index in [2.05, 4.69) is 25.0 Å². The van der Waals surface area contributed by atoms with Crippen molar-refractivity contribution < 1.29 is 19.4 Å². The van der Waals surface area contributed by atoms with Gasteiger partial charge in [0.25, 0.3) is 0 Å². The molecule has 0 rings (SSSR count). The third-order valence-corrected chi connectivity index (χ3v) is 3.44. The molecule has 1 amide bonds. The van der Waals surface area contributed by atoms with Gasteiger partial charge in [-0.05, 0) is 26.8 Å². The summed E-state index contributed by atoms with van der Waals surface area (Å²) < 4.78 is 5.03. The standard InChI is InChI=1S/C11H23NO4Si/c1-11(2,3)16-10(15)12-8(9(13)14)7-17(4,5)6/h8H,7H2,1-6H3,(H,12,15)(H,13,14)/t8-/m0/s1. The molecule has 6 heteroatoms. The smallest absolute Gasteiger partial charge is 0.408 e.